The monoisotopic (exact) mass is 587 g/mol. The highest BCUT2D eigenvalue weighted by molar-refractivity contribution is 6.10. The lowest BCUT2D eigenvalue weighted by Crippen LogP contribution is -2.18. The lowest BCUT2D eigenvalue weighted by Gasteiger charge is -2.20. The number of hydrogen-bond acceptors (Lipinski definition) is 9. The van der Waals surface area contributed by atoms with E-state index in [0.717, 1.165) is 0 Å². The van der Waals surface area contributed by atoms with E-state index in [1.54, 1.807) is 24.3 Å². The molecule has 0 spiro atoms. The molecular formula is C32H33N3O8. The molecule has 0 heterocycles. The lowest BCUT2D eigenvalue weighted by molar-refractivity contribution is 0.0544. The maximum atomic E-state index is 13.6. The van der Waals surface area contributed by atoms with Crippen molar-refractivity contribution in [2.24, 2.45) is 0 Å². The van der Waals surface area contributed by atoms with E-state index in [9.17, 15) is 14.4 Å². The highest BCUT2D eigenvalue weighted by Crippen LogP contribution is 2.42. The summed E-state index contributed by atoms with van der Waals surface area (Å²) in [7, 11) is 2.75. The number of carbonyl (C=O) groups is 3. The second-order valence-electron chi connectivity index (χ2n) is 8.66. The van der Waals surface area contributed by atoms with Crippen molar-refractivity contribution in [1.82, 2.24) is 0 Å². The smallest absolute Gasteiger partial charge is 0.342 e. The molecule has 3 rings (SSSR count). The molecule has 4 N–H and O–H groups in total. The van der Waals surface area contributed by atoms with E-state index in [-0.39, 0.29) is 65.3 Å². The van der Waals surface area contributed by atoms with Gasteiger partial charge in [-0.15, -0.1) is 0 Å². The molecule has 224 valence electrons. The summed E-state index contributed by atoms with van der Waals surface area (Å²) >= 11 is 0. The van der Waals surface area contributed by atoms with Crippen LogP contribution in [-0.4, -0.2) is 51.8 Å². The summed E-state index contributed by atoms with van der Waals surface area (Å²) < 4.78 is 27.8. The van der Waals surface area contributed by atoms with Gasteiger partial charge in [0.25, 0.3) is 11.8 Å². The fourth-order valence-electron chi connectivity index (χ4n) is 3.87. The minimum Gasteiger partial charge on any atom is -0.491 e. The number of methoxy groups -OCH3 is 2. The predicted octanol–water partition coefficient (Wildman–Crippen LogP) is 5.26. The van der Waals surface area contributed by atoms with Crippen molar-refractivity contribution >= 4 is 34.8 Å². The summed E-state index contributed by atoms with van der Waals surface area (Å²) in [5, 5.41) is 5.53. The van der Waals surface area contributed by atoms with E-state index in [4.69, 9.17) is 29.4 Å². The average Bonchev–Trinajstić information content (AvgIpc) is 3.01. The van der Waals surface area contributed by atoms with Crippen LogP contribution in [0.4, 0.5) is 17.1 Å². The van der Waals surface area contributed by atoms with Gasteiger partial charge in [0.2, 0.25) is 0 Å². The molecule has 0 fully saturated rings. The third-order valence-corrected chi connectivity index (χ3v) is 5.79. The highest BCUT2D eigenvalue weighted by Gasteiger charge is 2.26. The SMILES string of the molecule is C=CCOC(=O)c1ccc(NC(=O)c2ccc(NC(=O)c3ccc(N)cc3)c(OC)c2OCC=C)c(OC)c1OCC=C. The first kappa shape index (κ1) is 31.8. The Morgan fingerprint density at radius 3 is 1.67 bits per heavy atom. The standard InChI is InChI=1S/C32H33N3O8/c1-6-17-41-26-22(13-15-24(28(26)39-4)34-30(36)20-9-11-21(33)12-10-20)31(37)35-25-16-14-23(32(38)43-19-8-3)27(29(25)40-5)42-18-7-2/h6-16H,1-3,17-19,33H2,4-5H3,(H,34,36)(H,35,37). The number of carbonyl (C=O) groups excluding carboxylic acids is 3. The van der Waals surface area contributed by atoms with E-state index in [2.05, 4.69) is 30.4 Å². The average molecular weight is 588 g/mol. The molecule has 3 aromatic rings. The summed E-state index contributed by atoms with van der Waals surface area (Å²) in [4.78, 5) is 39.1. The first-order valence-corrected chi connectivity index (χ1v) is 12.9. The molecule has 0 aromatic heterocycles. The number of amides is 2. The number of hydrogen-bond donors (Lipinski definition) is 3. The van der Waals surface area contributed by atoms with Gasteiger partial charge >= 0.3 is 5.97 Å². The molecule has 2 amide bonds. The van der Waals surface area contributed by atoms with E-state index in [1.807, 2.05) is 0 Å². The molecule has 0 aliphatic rings. The Morgan fingerprint density at radius 1 is 0.674 bits per heavy atom. The number of anilines is 3. The van der Waals surface area contributed by atoms with Crippen molar-refractivity contribution in [3.63, 3.8) is 0 Å². The third kappa shape index (κ3) is 7.73. The number of nitrogens with two attached hydrogens (primary N) is 1. The lowest BCUT2D eigenvalue weighted by atomic mass is 10.1. The van der Waals surface area contributed by atoms with E-state index in [1.165, 1.54) is 56.7 Å². The molecule has 0 bridgehead atoms. The maximum Gasteiger partial charge on any atom is 0.342 e. The Bertz CT molecular complexity index is 1520. The van der Waals surface area contributed by atoms with E-state index >= 15 is 0 Å². The number of rotatable bonds is 15. The largest absolute Gasteiger partial charge is 0.491 e. The molecule has 11 nitrogen and oxygen atoms in total. The first-order valence-electron chi connectivity index (χ1n) is 12.9. The fourth-order valence-corrected chi connectivity index (χ4v) is 3.87. The van der Waals surface area contributed by atoms with Gasteiger partial charge in [0.1, 0.15) is 25.4 Å². The van der Waals surface area contributed by atoms with Crippen molar-refractivity contribution < 1.29 is 38.1 Å². The molecule has 0 atom stereocenters. The van der Waals surface area contributed by atoms with Gasteiger partial charge in [-0.2, -0.15) is 0 Å². The van der Waals surface area contributed by atoms with Crippen LogP contribution in [-0.2, 0) is 4.74 Å². The molecule has 0 radical (unpaired) electrons. The van der Waals surface area contributed by atoms with Crippen LogP contribution in [0.1, 0.15) is 31.1 Å². The van der Waals surface area contributed by atoms with Gasteiger partial charge in [0.15, 0.2) is 23.0 Å². The Hall–Kier alpha value is -5.71. The van der Waals surface area contributed by atoms with Crippen molar-refractivity contribution in [3.8, 4) is 23.0 Å². The third-order valence-electron chi connectivity index (χ3n) is 5.79. The van der Waals surface area contributed by atoms with Gasteiger partial charge in [-0.25, -0.2) is 4.79 Å². The first-order chi connectivity index (χ1) is 20.8. The van der Waals surface area contributed by atoms with Crippen LogP contribution in [0.5, 0.6) is 23.0 Å². The zero-order chi connectivity index (χ0) is 31.4. The topological polar surface area (TPSA) is 147 Å². The van der Waals surface area contributed by atoms with Crippen LogP contribution in [0.3, 0.4) is 0 Å². The molecule has 0 unspecified atom stereocenters. The second kappa shape index (κ2) is 15.3. The van der Waals surface area contributed by atoms with Crippen LogP contribution in [0.2, 0.25) is 0 Å². The minimum atomic E-state index is -0.670. The molecule has 0 saturated carbocycles. The molecule has 11 heteroatoms. The van der Waals surface area contributed by atoms with E-state index < -0.39 is 17.8 Å². The molecule has 3 aromatic carbocycles. The Morgan fingerprint density at radius 2 is 1.16 bits per heavy atom. The number of benzene rings is 3. The quantitative estimate of drug-likeness (QED) is 0.123. The van der Waals surface area contributed by atoms with Gasteiger partial charge in [-0.05, 0) is 48.5 Å². The normalized spacial score (nSPS) is 10.1. The van der Waals surface area contributed by atoms with Crippen molar-refractivity contribution in [2.75, 3.05) is 50.4 Å². The maximum absolute atomic E-state index is 13.6. The fraction of sp³-hybridized carbons (Fsp3) is 0.156. The van der Waals surface area contributed by atoms with Crippen LogP contribution in [0, 0.1) is 0 Å². The zero-order valence-electron chi connectivity index (χ0n) is 23.9. The Labute approximate surface area is 249 Å². The molecular weight excluding hydrogens is 554 g/mol. The second-order valence-corrected chi connectivity index (χ2v) is 8.66. The number of nitrogens with one attached hydrogen (secondary N) is 2. The molecule has 0 saturated heterocycles. The van der Waals surface area contributed by atoms with Gasteiger partial charge in [0, 0.05) is 11.3 Å². The summed E-state index contributed by atoms with van der Waals surface area (Å²) in [6.07, 6.45) is 4.42. The Balaban J connectivity index is 2.01. The summed E-state index contributed by atoms with van der Waals surface area (Å²) in [5.41, 5.74) is 7.22. The van der Waals surface area contributed by atoms with Crippen molar-refractivity contribution in [1.29, 1.82) is 0 Å². The van der Waals surface area contributed by atoms with Gasteiger partial charge in [-0.3, -0.25) is 9.59 Å². The van der Waals surface area contributed by atoms with E-state index in [0.29, 0.717) is 11.3 Å². The molecule has 0 aliphatic heterocycles. The van der Waals surface area contributed by atoms with Gasteiger partial charge < -0.3 is 40.1 Å². The molecule has 0 aliphatic carbocycles. The van der Waals surface area contributed by atoms with Crippen molar-refractivity contribution in [2.45, 2.75) is 0 Å². The van der Waals surface area contributed by atoms with Crippen LogP contribution in [0.25, 0.3) is 0 Å². The summed E-state index contributed by atoms with van der Waals surface area (Å²) in [5.74, 6) is -1.40. The zero-order valence-corrected chi connectivity index (χ0v) is 23.9. The minimum absolute atomic E-state index is 0.00766. The van der Waals surface area contributed by atoms with Gasteiger partial charge in [0.05, 0.1) is 31.2 Å². The summed E-state index contributed by atoms with van der Waals surface area (Å²) in [6.45, 7) is 10.9. The number of nitrogen functional groups attached to an aromatic ring is 1. The number of ether oxygens (including phenoxy) is 5. The Kier molecular flexibility index (Phi) is 11.3. The molecule has 43 heavy (non-hydrogen) atoms. The van der Waals surface area contributed by atoms with Crippen LogP contribution in [0.15, 0.2) is 86.5 Å². The predicted molar refractivity (Wildman–Crippen MR) is 165 cm³/mol. The highest BCUT2D eigenvalue weighted by atomic mass is 16.5. The van der Waals surface area contributed by atoms with Crippen LogP contribution >= 0.6 is 0 Å². The number of esters is 1. The summed E-state index contributed by atoms with van der Waals surface area (Å²) in [6, 6.07) is 12.3. The van der Waals surface area contributed by atoms with Crippen LogP contribution < -0.4 is 35.3 Å². The van der Waals surface area contributed by atoms with Gasteiger partial charge in [-0.1, -0.05) is 38.0 Å². The van der Waals surface area contributed by atoms with Crippen molar-refractivity contribution in [3.05, 3.63) is 103 Å².